The van der Waals surface area contributed by atoms with Gasteiger partial charge in [-0.1, -0.05) is 12.1 Å². The number of carbonyl (C=O) groups is 1. The molecule has 0 amide bonds. The summed E-state index contributed by atoms with van der Waals surface area (Å²) in [6.07, 6.45) is 3.09. The molecule has 0 aliphatic carbocycles. The lowest BCUT2D eigenvalue weighted by Crippen LogP contribution is -2.34. The van der Waals surface area contributed by atoms with E-state index < -0.39 is 0 Å². The molecule has 0 unspecified atom stereocenters. The number of esters is 1. The van der Waals surface area contributed by atoms with Crippen LogP contribution in [0.4, 0.5) is 10.2 Å². The summed E-state index contributed by atoms with van der Waals surface area (Å²) < 4.78 is 24.8. The quantitative estimate of drug-likeness (QED) is 0.444. The monoisotopic (exact) mass is 449 g/mol. The highest BCUT2D eigenvalue weighted by Crippen LogP contribution is 2.26. The van der Waals surface area contributed by atoms with Gasteiger partial charge in [0.15, 0.2) is 5.82 Å². The van der Waals surface area contributed by atoms with E-state index in [9.17, 15) is 9.18 Å². The summed E-state index contributed by atoms with van der Waals surface area (Å²) in [5, 5.41) is 8.56. The summed E-state index contributed by atoms with van der Waals surface area (Å²) in [6.45, 7) is 4.61. The van der Waals surface area contributed by atoms with Gasteiger partial charge in [-0.2, -0.15) is 0 Å². The molecular formula is C26H28FN3O3. The molecule has 3 aromatic rings. The summed E-state index contributed by atoms with van der Waals surface area (Å²) in [6, 6.07) is 17.4. The molecule has 0 N–H and O–H groups in total. The van der Waals surface area contributed by atoms with E-state index >= 15 is 0 Å². The predicted molar refractivity (Wildman–Crippen MR) is 125 cm³/mol. The predicted octanol–water partition coefficient (Wildman–Crippen LogP) is 5.14. The fourth-order valence-electron chi connectivity index (χ4n) is 4.00. The average molecular weight is 450 g/mol. The van der Waals surface area contributed by atoms with E-state index in [-0.39, 0.29) is 11.8 Å². The maximum Gasteiger partial charge on any atom is 0.338 e. The second-order valence-corrected chi connectivity index (χ2v) is 8.07. The van der Waals surface area contributed by atoms with Gasteiger partial charge >= 0.3 is 5.97 Å². The fraction of sp³-hybridized carbons (Fsp3) is 0.346. The normalized spacial score (nSPS) is 14.2. The summed E-state index contributed by atoms with van der Waals surface area (Å²) >= 11 is 0. The van der Waals surface area contributed by atoms with Crippen LogP contribution in [0.5, 0.6) is 5.75 Å². The molecular weight excluding hydrogens is 421 g/mol. The first kappa shape index (κ1) is 22.7. The molecule has 1 saturated heterocycles. The van der Waals surface area contributed by atoms with Crippen molar-refractivity contribution in [3.63, 3.8) is 0 Å². The van der Waals surface area contributed by atoms with Crippen molar-refractivity contribution in [1.29, 1.82) is 0 Å². The van der Waals surface area contributed by atoms with Crippen LogP contribution in [0.2, 0.25) is 0 Å². The van der Waals surface area contributed by atoms with Gasteiger partial charge in [0.05, 0.1) is 24.5 Å². The summed E-state index contributed by atoms with van der Waals surface area (Å²) in [5.41, 5.74) is 1.53. The molecule has 0 bridgehead atoms. The third-order valence-corrected chi connectivity index (χ3v) is 5.90. The topological polar surface area (TPSA) is 64.6 Å². The standard InChI is InChI=1S/C26H28FN3O3/c1-2-32-26(31)20-7-9-21(10-8-20)33-18-15-19-13-16-30(17-14-19)25-12-11-24(28-29-25)22-5-3-4-6-23(22)27/h3-12,19H,2,13-18H2,1H3. The van der Waals surface area contributed by atoms with Gasteiger partial charge in [-0.05, 0) is 80.6 Å². The number of benzene rings is 2. The van der Waals surface area contributed by atoms with Gasteiger partial charge in [0.1, 0.15) is 11.6 Å². The van der Waals surface area contributed by atoms with Crippen molar-refractivity contribution in [3.05, 3.63) is 72.0 Å². The van der Waals surface area contributed by atoms with E-state index in [4.69, 9.17) is 9.47 Å². The number of nitrogens with zero attached hydrogens (tertiary/aromatic N) is 3. The van der Waals surface area contributed by atoms with Crippen LogP contribution in [0.3, 0.4) is 0 Å². The summed E-state index contributed by atoms with van der Waals surface area (Å²) in [4.78, 5) is 13.9. The molecule has 2 heterocycles. The van der Waals surface area contributed by atoms with Crippen LogP contribution in [-0.2, 0) is 4.74 Å². The van der Waals surface area contributed by atoms with E-state index in [1.165, 1.54) is 6.07 Å². The van der Waals surface area contributed by atoms with Crippen LogP contribution < -0.4 is 9.64 Å². The first-order valence-corrected chi connectivity index (χ1v) is 11.4. The Balaban J connectivity index is 1.22. The van der Waals surface area contributed by atoms with Crippen molar-refractivity contribution in [2.45, 2.75) is 26.2 Å². The van der Waals surface area contributed by atoms with Crippen molar-refractivity contribution in [2.75, 3.05) is 31.2 Å². The number of anilines is 1. The van der Waals surface area contributed by atoms with Gasteiger partial charge in [0.25, 0.3) is 0 Å². The van der Waals surface area contributed by atoms with E-state index in [0.717, 1.165) is 43.9 Å². The highest BCUT2D eigenvalue weighted by molar-refractivity contribution is 5.89. The van der Waals surface area contributed by atoms with Crippen LogP contribution in [0.15, 0.2) is 60.7 Å². The lowest BCUT2D eigenvalue weighted by atomic mass is 9.94. The van der Waals surface area contributed by atoms with Gasteiger partial charge in [-0.15, -0.1) is 10.2 Å². The zero-order valence-electron chi connectivity index (χ0n) is 18.7. The molecule has 2 aromatic carbocycles. The first-order valence-electron chi connectivity index (χ1n) is 11.4. The molecule has 1 fully saturated rings. The van der Waals surface area contributed by atoms with E-state index in [2.05, 4.69) is 15.1 Å². The van der Waals surface area contributed by atoms with Crippen LogP contribution in [0, 0.1) is 11.7 Å². The highest BCUT2D eigenvalue weighted by Gasteiger charge is 2.21. The SMILES string of the molecule is CCOC(=O)c1ccc(OCCC2CCN(c3ccc(-c4ccccc4F)nn3)CC2)cc1. The number of aromatic nitrogens is 2. The Morgan fingerprint density at radius 3 is 2.45 bits per heavy atom. The Kier molecular flexibility index (Phi) is 7.50. The molecule has 172 valence electrons. The first-order chi connectivity index (χ1) is 16.1. The molecule has 0 atom stereocenters. The molecule has 7 heteroatoms. The smallest absolute Gasteiger partial charge is 0.338 e. The Morgan fingerprint density at radius 1 is 1.03 bits per heavy atom. The van der Waals surface area contributed by atoms with Crippen molar-refractivity contribution in [3.8, 4) is 17.0 Å². The van der Waals surface area contributed by atoms with Gasteiger partial charge in [-0.25, -0.2) is 9.18 Å². The minimum Gasteiger partial charge on any atom is -0.494 e. The molecule has 33 heavy (non-hydrogen) atoms. The third kappa shape index (κ3) is 5.86. The van der Waals surface area contributed by atoms with Crippen LogP contribution in [0.1, 0.15) is 36.5 Å². The Hall–Kier alpha value is -3.48. The Morgan fingerprint density at radius 2 is 1.79 bits per heavy atom. The number of halogens is 1. The van der Waals surface area contributed by atoms with Crippen molar-refractivity contribution in [2.24, 2.45) is 5.92 Å². The lowest BCUT2D eigenvalue weighted by molar-refractivity contribution is 0.0526. The number of piperidine rings is 1. The van der Waals surface area contributed by atoms with Crippen LogP contribution in [0.25, 0.3) is 11.3 Å². The molecule has 1 aliphatic heterocycles. The van der Waals surface area contributed by atoms with E-state index in [1.54, 1.807) is 49.4 Å². The second kappa shape index (κ2) is 10.9. The molecule has 0 saturated carbocycles. The zero-order chi connectivity index (χ0) is 23.0. The number of hydrogen-bond donors (Lipinski definition) is 0. The highest BCUT2D eigenvalue weighted by atomic mass is 19.1. The van der Waals surface area contributed by atoms with Crippen molar-refractivity contribution >= 4 is 11.8 Å². The number of carbonyl (C=O) groups excluding carboxylic acids is 1. The molecule has 4 rings (SSSR count). The second-order valence-electron chi connectivity index (χ2n) is 8.07. The van der Waals surface area contributed by atoms with Gasteiger partial charge in [-0.3, -0.25) is 0 Å². The van der Waals surface area contributed by atoms with Crippen LogP contribution >= 0.6 is 0 Å². The number of hydrogen-bond acceptors (Lipinski definition) is 6. The summed E-state index contributed by atoms with van der Waals surface area (Å²) in [5.74, 6) is 1.56. The number of ether oxygens (including phenoxy) is 2. The zero-order valence-corrected chi connectivity index (χ0v) is 18.7. The molecule has 1 aliphatic rings. The molecule has 1 aromatic heterocycles. The average Bonchev–Trinajstić information content (AvgIpc) is 2.85. The maximum atomic E-state index is 14.0. The third-order valence-electron chi connectivity index (χ3n) is 5.90. The van der Waals surface area contributed by atoms with Gasteiger partial charge < -0.3 is 14.4 Å². The molecule has 6 nitrogen and oxygen atoms in total. The fourth-order valence-corrected chi connectivity index (χ4v) is 4.00. The number of rotatable bonds is 8. The lowest BCUT2D eigenvalue weighted by Gasteiger charge is -2.32. The van der Waals surface area contributed by atoms with E-state index in [0.29, 0.717) is 36.0 Å². The Bertz CT molecular complexity index is 1050. The largest absolute Gasteiger partial charge is 0.494 e. The van der Waals surface area contributed by atoms with Crippen molar-refractivity contribution < 1.29 is 18.7 Å². The maximum absolute atomic E-state index is 14.0. The summed E-state index contributed by atoms with van der Waals surface area (Å²) in [7, 11) is 0. The van der Waals surface area contributed by atoms with Gasteiger partial charge in [0.2, 0.25) is 0 Å². The Labute approximate surface area is 193 Å². The van der Waals surface area contributed by atoms with Crippen LogP contribution in [-0.4, -0.2) is 42.5 Å². The van der Waals surface area contributed by atoms with Gasteiger partial charge in [0, 0.05) is 18.7 Å². The minimum absolute atomic E-state index is 0.294. The molecule has 0 spiro atoms. The molecule has 0 radical (unpaired) electrons. The van der Waals surface area contributed by atoms with E-state index in [1.807, 2.05) is 12.1 Å². The van der Waals surface area contributed by atoms with Crippen molar-refractivity contribution in [1.82, 2.24) is 10.2 Å². The minimum atomic E-state index is -0.317.